The van der Waals surface area contributed by atoms with Crippen LogP contribution in [0.4, 0.5) is 5.82 Å². The van der Waals surface area contributed by atoms with Crippen LogP contribution < -0.4 is 16.6 Å². The maximum Gasteiger partial charge on any atom is 0.262 e. The van der Waals surface area contributed by atoms with Crippen LogP contribution in [0.15, 0.2) is 35.4 Å². The summed E-state index contributed by atoms with van der Waals surface area (Å²) in [6.07, 6.45) is 1.72. The summed E-state index contributed by atoms with van der Waals surface area (Å²) in [4.78, 5) is 40.3. The molecule has 0 atom stereocenters. The number of nitrogen functional groups attached to an aromatic ring is 1. The van der Waals surface area contributed by atoms with Crippen molar-refractivity contribution in [2.24, 2.45) is 0 Å². The van der Waals surface area contributed by atoms with Gasteiger partial charge in [0, 0.05) is 12.6 Å². The van der Waals surface area contributed by atoms with Gasteiger partial charge in [0.05, 0.1) is 34.2 Å². The number of hydrogen-bond acceptors (Lipinski definition) is 5. The zero-order chi connectivity index (χ0) is 17.0. The van der Waals surface area contributed by atoms with E-state index in [0.717, 1.165) is 18.1 Å². The van der Waals surface area contributed by atoms with Crippen LogP contribution in [0.2, 0.25) is 0 Å². The van der Waals surface area contributed by atoms with E-state index in [1.165, 1.54) is 4.57 Å². The minimum absolute atomic E-state index is 0.00934. The number of imidazole rings is 1. The molecule has 1 aromatic carbocycles. The van der Waals surface area contributed by atoms with Gasteiger partial charge in [-0.3, -0.25) is 24.3 Å². The smallest absolute Gasteiger partial charge is 0.262 e. The Bertz CT molecular complexity index is 1090. The van der Waals surface area contributed by atoms with Crippen LogP contribution in [0.25, 0.3) is 16.7 Å². The second-order valence-electron chi connectivity index (χ2n) is 5.48. The molecule has 3 N–H and O–H groups in total. The Morgan fingerprint density at radius 2 is 1.96 bits per heavy atom. The van der Waals surface area contributed by atoms with Gasteiger partial charge in [-0.25, -0.2) is 4.98 Å². The fourth-order valence-corrected chi connectivity index (χ4v) is 2.99. The summed E-state index contributed by atoms with van der Waals surface area (Å²) in [6.45, 7) is 2.78. The minimum Gasteiger partial charge on any atom is -0.384 e. The average molecular weight is 323 g/mol. The molecule has 1 aliphatic heterocycles. The molecule has 1 aliphatic rings. The summed E-state index contributed by atoms with van der Waals surface area (Å²) in [5, 5.41) is 2.14. The second-order valence-corrected chi connectivity index (χ2v) is 5.48. The molecule has 4 rings (SSSR count). The summed E-state index contributed by atoms with van der Waals surface area (Å²) in [5.41, 5.74) is 7.70. The van der Waals surface area contributed by atoms with E-state index in [1.807, 2.05) is 17.6 Å². The minimum atomic E-state index is -0.608. The van der Waals surface area contributed by atoms with Gasteiger partial charge in [-0.15, -0.1) is 0 Å². The highest BCUT2D eigenvalue weighted by atomic mass is 16.2. The molecule has 8 heteroatoms. The third kappa shape index (κ3) is 1.79. The SMILES string of the molecule is CCn1cnc2cc(-n3c(N)c4c(cc3=O)C(=O)NC4=O)ccc21. The average Bonchev–Trinajstić information content (AvgIpc) is 3.08. The van der Waals surface area contributed by atoms with E-state index >= 15 is 0 Å². The molecule has 3 aromatic rings. The summed E-state index contributed by atoms with van der Waals surface area (Å²) in [7, 11) is 0. The number of aryl methyl sites for hydroxylation is 1. The predicted molar refractivity (Wildman–Crippen MR) is 87.2 cm³/mol. The molecule has 0 unspecified atom stereocenters. The van der Waals surface area contributed by atoms with E-state index in [4.69, 9.17) is 5.73 Å². The highest BCUT2D eigenvalue weighted by molar-refractivity contribution is 6.23. The number of rotatable bonds is 2. The number of amides is 2. The van der Waals surface area contributed by atoms with Crippen LogP contribution >= 0.6 is 0 Å². The molecule has 24 heavy (non-hydrogen) atoms. The number of aromatic nitrogens is 3. The van der Waals surface area contributed by atoms with Crippen molar-refractivity contribution in [3.05, 3.63) is 52.1 Å². The number of carbonyl (C=O) groups excluding carboxylic acids is 2. The Hall–Kier alpha value is -3.42. The molecule has 0 radical (unpaired) electrons. The van der Waals surface area contributed by atoms with E-state index in [2.05, 4.69) is 10.3 Å². The fraction of sp³-hybridized carbons (Fsp3) is 0.125. The molecule has 2 amide bonds. The zero-order valence-corrected chi connectivity index (χ0v) is 12.7. The third-order valence-electron chi connectivity index (χ3n) is 4.16. The van der Waals surface area contributed by atoms with Crippen LogP contribution in [-0.4, -0.2) is 25.9 Å². The Balaban J connectivity index is 1.98. The van der Waals surface area contributed by atoms with Crippen LogP contribution in [-0.2, 0) is 6.54 Å². The summed E-state index contributed by atoms with van der Waals surface area (Å²) in [5.74, 6) is -1.27. The monoisotopic (exact) mass is 323 g/mol. The first kappa shape index (κ1) is 14.2. The molecule has 3 heterocycles. The van der Waals surface area contributed by atoms with Gasteiger partial charge in [0.25, 0.3) is 17.4 Å². The standard InChI is InChI=1S/C16H13N5O3/c1-2-20-7-18-10-5-8(3-4-11(10)20)21-12(22)6-9-13(14(21)17)16(24)19-15(9)23/h3-7H,2,17H2,1H3,(H,19,23,24). The molecule has 0 aliphatic carbocycles. The van der Waals surface area contributed by atoms with Crippen molar-refractivity contribution in [2.75, 3.05) is 5.73 Å². The molecule has 120 valence electrons. The van der Waals surface area contributed by atoms with Crippen LogP contribution in [0, 0.1) is 0 Å². The normalized spacial score (nSPS) is 13.4. The molecular weight excluding hydrogens is 310 g/mol. The van der Waals surface area contributed by atoms with Crippen LogP contribution in [0.1, 0.15) is 27.6 Å². The van der Waals surface area contributed by atoms with Crippen molar-refractivity contribution < 1.29 is 9.59 Å². The lowest BCUT2D eigenvalue weighted by Crippen LogP contribution is -2.24. The number of nitrogens with one attached hydrogen (secondary N) is 1. The van der Waals surface area contributed by atoms with Crippen molar-refractivity contribution in [1.82, 2.24) is 19.4 Å². The fourth-order valence-electron chi connectivity index (χ4n) is 2.99. The Morgan fingerprint density at radius 1 is 1.17 bits per heavy atom. The lowest BCUT2D eigenvalue weighted by atomic mass is 10.1. The van der Waals surface area contributed by atoms with Gasteiger partial charge in [-0.1, -0.05) is 0 Å². The largest absolute Gasteiger partial charge is 0.384 e. The second kappa shape index (κ2) is 4.79. The van der Waals surface area contributed by atoms with Gasteiger partial charge >= 0.3 is 0 Å². The van der Waals surface area contributed by atoms with Gasteiger partial charge in [0.2, 0.25) is 0 Å². The molecule has 0 spiro atoms. The van der Waals surface area contributed by atoms with Crippen molar-refractivity contribution in [3.8, 4) is 5.69 Å². The number of anilines is 1. The highest BCUT2D eigenvalue weighted by Gasteiger charge is 2.31. The van der Waals surface area contributed by atoms with Crippen LogP contribution in [0.5, 0.6) is 0 Å². The van der Waals surface area contributed by atoms with Gasteiger partial charge < -0.3 is 10.3 Å². The van der Waals surface area contributed by atoms with Gasteiger partial charge in [0.15, 0.2) is 0 Å². The molecule has 8 nitrogen and oxygen atoms in total. The first-order valence-corrected chi connectivity index (χ1v) is 7.37. The maximum atomic E-state index is 12.4. The summed E-state index contributed by atoms with van der Waals surface area (Å²) < 4.78 is 3.18. The topological polar surface area (TPSA) is 112 Å². The molecular formula is C16H13N5O3. The number of nitrogens with zero attached hydrogens (tertiary/aromatic N) is 3. The Kier molecular flexibility index (Phi) is 2.83. The van der Waals surface area contributed by atoms with E-state index in [-0.39, 0.29) is 16.9 Å². The van der Waals surface area contributed by atoms with Crippen molar-refractivity contribution >= 4 is 28.7 Å². The first-order chi connectivity index (χ1) is 11.5. The van der Waals surface area contributed by atoms with E-state index in [9.17, 15) is 14.4 Å². The molecule has 0 saturated carbocycles. The zero-order valence-electron chi connectivity index (χ0n) is 12.7. The summed E-state index contributed by atoms with van der Waals surface area (Å²) in [6, 6.07) is 6.42. The first-order valence-electron chi connectivity index (χ1n) is 7.37. The Morgan fingerprint density at radius 3 is 2.71 bits per heavy atom. The van der Waals surface area contributed by atoms with Crippen molar-refractivity contribution in [3.63, 3.8) is 0 Å². The van der Waals surface area contributed by atoms with Crippen molar-refractivity contribution in [1.29, 1.82) is 0 Å². The highest BCUT2D eigenvalue weighted by Crippen LogP contribution is 2.24. The van der Waals surface area contributed by atoms with Crippen LogP contribution in [0.3, 0.4) is 0 Å². The summed E-state index contributed by atoms with van der Waals surface area (Å²) >= 11 is 0. The number of hydrogen-bond donors (Lipinski definition) is 2. The molecule has 0 saturated heterocycles. The Labute approximate surface area is 135 Å². The lowest BCUT2D eigenvalue weighted by molar-refractivity contribution is 0.0880. The third-order valence-corrected chi connectivity index (χ3v) is 4.16. The molecule has 0 bridgehead atoms. The number of imide groups is 1. The van der Waals surface area contributed by atoms with Gasteiger partial charge in [-0.2, -0.15) is 0 Å². The number of benzene rings is 1. The number of pyridine rings is 1. The predicted octanol–water partition coefficient (Wildman–Crippen LogP) is 0.673. The van der Waals surface area contributed by atoms with Gasteiger partial charge in [0.1, 0.15) is 5.82 Å². The molecule has 2 aromatic heterocycles. The molecule has 0 fully saturated rings. The maximum absolute atomic E-state index is 12.4. The number of carbonyl (C=O) groups is 2. The van der Waals surface area contributed by atoms with Crippen molar-refractivity contribution in [2.45, 2.75) is 13.5 Å². The quantitative estimate of drug-likeness (QED) is 0.673. The van der Waals surface area contributed by atoms with E-state index in [0.29, 0.717) is 11.2 Å². The van der Waals surface area contributed by atoms with E-state index in [1.54, 1.807) is 18.5 Å². The van der Waals surface area contributed by atoms with E-state index < -0.39 is 17.4 Å². The number of fused-ring (bicyclic) bond motifs is 2. The lowest BCUT2D eigenvalue weighted by Gasteiger charge is -2.12. The van der Waals surface area contributed by atoms with Gasteiger partial charge in [-0.05, 0) is 25.1 Å². The number of nitrogens with two attached hydrogens (primary N) is 1.